The number of hydrogen-bond donors (Lipinski definition) is 1. The van der Waals surface area contributed by atoms with Crippen molar-refractivity contribution in [2.75, 3.05) is 6.54 Å². The fourth-order valence-corrected chi connectivity index (χ4v) is 1.63. The second kappa shape index (κ2) is 12.0. The highest BCUT2D eigenvalue weighted by molar-refractivity contribution is 4.51. The maximum Gasteiger partial charge on any atom is -0.00773 e. The van der Waals surface area contributed by atoms with Crippen LogP contribution >= 0.6 is 0 Å². The van der Waals surface area contributed by atoms with Crippen LogP contribution in [0.15, 0.2) is 0 Å². The Morgan fingerprint density at radius 1 is 0.769 bits per heavy atom. The van der Waals surface area contributed by atoms with Crippen LogP contribution in [0.5, 0.6) is 0 Å². The number of hydrogen-bond acceptors (Lipinski definition) is 1. The number of nitrogens with two attached hydrogens (primary N) is 1. The molecule has 1 heteroatoms. The normalized spacial score (nSPS) is 16.2. The van der Waals surface area contributed by atoms with Crippen molar-refractivity contribution >= 4 is 0 Å². The molecule has 0 unspecified atom stereocenters. The molecule has 0 aromatic rings. The molecule has 0 heterocycles. The van der Waals surface area contributed by atoms with Gasteiger partial charge in [-0.1, -0.05) is 64.7 Å². The van der Waals surface area contributed by atoms with Gasteiger partial charge in [0.2, 0.25) is 0 Å². The Hall–Kier alpha value is -0.0400. The summed E-state index contributed by atoms with van der Waals surface area (Å²) >= 11 is 0. The van der Waals surface area contributed by atoms with Crippen LogP contribution in [0.4, 0.5) is 0 Å². The van der Waals surface area contributed by atoms with Crippen molar-refractivity contribution in [3.63, 3.8) is 0 Å². The van der Waals surface area contributed by atoms with E-state index in [1.807, 2.05) is 0 Å². The van der Waals surface area contributed by atoms with Crippen LogP contribution in [0, 0.1) is 0 Å². The fraction of sp³-hybridized carbons (Fsp3) is 1.00. The largest absolute Gasteiger partial charge is 0.330 e. The van der Waals surface area contributed by atoms with Gasteiger partial charge in [-0.05, 0) is 13.0 Å². The molecule has 2 N–H and O–H groups in total. The summed E-state index contributed by atoms with van der Waals surface area (Å²) < 4.78 is 0. The zero-order chi connectivity index (χ0) is 9.78. The van der Waals surface area contributed by atoms with E-state index in [9.17, 15) is 0 Å². The van der Waals surface area contributed by atoms with E-state index in [0.717, 1.165) is 6.54 Å². The van der Waals surface area contributed by atoms with Crippen LogP contribution in [-0.4, -0.2) is 6.54 Å². The van der Waals surface area contributed by atoms with Crippen molar-refractivity contribution in [2.45, 2.75) is 71.1 Å². The Kier molecular flexibility index (Phi) is 11.9. The molecule has 0 aromatic heterocycles. The van der Waals surface area contributed by atoms with Gasteiger partial charge in [0.1, 0.15) is 0 Å². The molecule has 80 valence electrons. The SMILES string of the molecule is C1CCCCC1.CCCCCCN. The smallest absolute Gasteiger partial charge is 0.00773 e. The first kappa shape index (κ1) is 13.0. The Bertz CT molecular complexity index is 61.7. The molecule has 1 nitrogen and oxygen atoms in total. The standard InChI is InChI=1S/C6H15N.C6H12/c1-2-3-4-5-6-7;1-2-4-6-5-3-1/h2-7H2,1H3;1-6H2. The molecule has 0 spiro atoms. The van der Waals surface area contributed by atoms with Gasteiger partial charge in [0.25, 0.3) is 0 Å². The van der Waals surface area contributed by atoms with Crippen molar-refractivity contribution in [3.05, 3.63) is 0 Å². The van der Waals surface area contributed by atoms with Crippen LogP contribution in [0.2, 0.25) is 0 Å². The van der Waals surface area contributed by atoms with E-state index >= 15 is 0 Å². The predicted octanol–water partition coefficient (Wildman–Crippen LogP) is 3.87. The van der Waals surface area contributed by atoms with Crippen LogP contribution in [-0.2, 0) is 0 Å². The summed E-state index contributed by atoms with van der Waals surface area (Å²) in [7, 11) is 0. The van der Waals surface area contributed by atoms with E-state index in [1.54, 1.807) is 0 Å². The minimum atomic E-state index is 0.861. The number of unbranched alkanes of at least 4 members (excludes halogenated alkanes) is 3. The summed E-state index contributed by atoms with van der Waals surface area (Å²) in [6.45, 7) is 3.07. The Morgan fingerprint density at radius 3 is 1.54 bits per heavy atom. The zero-order valence-corrected chi connectivity index (χ0v) is 9.36. The lowest BCUT2D eigenvalue weighted by molar-refractivity contribution is 0.504. The maximum atomic E-state index is 5.27. The average molecular weight is 185 g/mol. The molecular formula is C12H27N. The van der Waals surface area contributed by atoms with Crippen molar-refractivity contribution in [3.8, 4) is 0 Å². The summed E-state index contributed by atoms with van der Waals surface area (Å²) in [4.78, 5) is 0. The van der Waals surface area contributed by atoms with E-state index < -0.39 is 0 Å². The topological polar surface area (TPSA) is 26.0 Å². The molecule has 0 atom stereocenters. The van der Waals surface area contributed by atoms with Gasteiger partial charge in [-0.15, -0.1) is 0 Å². The Labute approximate surface area is 84.1 Å². The molecule has 1 aliphatic carbocycles. The summed E-state index contributed by atoms with van der Waals surface area (Å²) in [5.74, 6) is 0. The summed E-state index contributed by atoms with van der Waals surface area (Å²) in [5.41, 5.74) is 5.27. The van der Waals surface area contributed by atoms with E-state index in [1.165, 1.54) is 64.2 Å². The van der Waals surface area contributed by atoms with Gasteiger partial charge in [0.15, 0.2) is 0 Å². The van der Waals surface area contributed by atoms with Gasteiger partial charge < -0.3 is 5.73 Å². The quantitative estimate of drug-likeness (QED) is 0.661. The van der Waals surface area contributed by atoms with Crippen molar-refractivity contribution in [2.24, 2.45) is 5.73 Å². The van der Waals surface area contributed by atoms with Crippen LogP contribution < -0.4 is 5.73 Å². The molecule has 1 saturated carbocycles. The molecule has 0 aliphatic heterocycles. The minimum Gasteiger partial charge on any atom is -0.330 e. The van der Waals surface area contributed by atoms with Gasteiger partial charge in [-0.2, -0.15) is 0 Å². The third-order valence-electron chi connectivity index (χ3n) is 2.56. The zero-order valence-electron chi connectivity index (χ0n) is 9.36. The van der Waals surface area contributed by atoms with E-state index in [-0.39, 0.29) is 0 Å². The first-order chi connectivity index (χ1) is 6.41. The molecule has 0 bridgehead atoms. The molecule has 0 amide bonds. The summed E-state index contributed by atoms with van der Waals surface area (Å²) in [5, 5.41) is 0. The highest BCUT2D eigenvalue weighted by atomic mass is 14.5. The molecule has 0 radical (unpaired) electrons. The highest BCUT2D eigenvalue weighted by Gasteiger charge is 1.95. The lowest BCUT2D eigenvalue weighted by Crippen LogP contribution is -1.97. The molecule has 0 aromatic carbocycles. The highest BCUT2D eigenvalue weighted by Crippen LogP contribution is 2.15. The van der Waals surface area contributed by atoms with Crippen molar-refractivity contribution < 1.29 is 0 Å². The van der Waals surface area contributed by atoms with Crippen LogP contribution in [0.25, 0.3) is 0 Å². The van der Waals surface area contributed by atoms with Crippen molar-refractivity contribution in [1.82, 2.24) is 0 Å². The van der Waals surface area contributed by atoms with E-state index in [4.69, 9.17) is 5.73 Å². The van der Waals surface area contributed by atoms with Crippen LogP contribution in [0.1, 0.15) is 71.1 Å². The molecule has 13 heavy (non-hydrogen) atoms. The van der Waals surface area contributed by atoms with Gasteiger partial charge >= 0.3 is 0 Å². The third-order valence-corrected chi connectivity index (χ3v) is 2.56. The molecule has 1 aliphatic rings. The average Bonchev–Trinajstić information content (AvgIpc) is 2.22. The minimum absolute atomic E-state index is 0.861. The van der Waals surface area contributed by atoms with Crippen molar-refractivity contribution in [1.29, 1.82) is 0 Å². The lowest BCUT2D eigenvalue weighted by atomic mass is 10.0. The van der Waals surface area contributed by atoms with Gasteiger partial charge in [0.05, 0.1) is 0 Å². The van der Waals surface area contributed by atoms with Gasteiger partial charge in [-0.3, -0.25) is 0 Å². The molecular weight excluding hydrogens is 158 g/mol. The van der Waals surface area contributed by atoms with E-state index in [0.29, 0.717) is 0 Å². The first-order valence-corrected chi connectivity index (χ1v) is 6.12. The molecule has 0 saturated heterocycles. The van der Waals surface area contributed by atoms with E-state index in [2.05, 4.69) is 6.92 Å². The van der Waals surface area contributed by atoms with Gasteiger partial charge in [0, 0.05) is 0 Å². The monoisotopic (exact) mass is 185 g/mol. The first-order valence-electron chi connectivity index (χ1n) is 6.12. The van der Waals surface area contributed by atoms with Crippen LogP contribution in [0.3, 0.4) is 0 Å². The Morgan fingerprint density at radius 2 is 1.23 bits per heavy atom. The van der Waals surface area contributed by atoms with Gasteiger partial charge in [-0.25, -0.2) is 0 Å². The lowest BCUT2D eigenvalue weighted by Gasteiger charge is -2.05. The predicted molar refractivity (Wildman–Crippen MR) is 60.9 cm³/mol. The fourth-order valence-electron chi connectivity index (χ4n) is 1.63. The second-order valence-corrected chi connectivity index (χ2v) is 3.97. The molecule has 1 rings (SSSR count). The maximum absolute atomic E-state index is 5.27. The number of rotatable bonds is 4. The summed E-state index contributed by atoms with van der Waals surface area (Å²) in [6, 6.07) is 0. The summed E-state index contributed by atoms with van der Waals surface area (Å²) in [6.07, 6.45) is 14.2. The second-order valence-electron chi connectivity index (χ2n) is 3.97. The molecule has 1 fully saturated rings. The Balaban J connectivity index is 0.000000223. The third kappa shape index (κ3) is 12.0.